The van der Waals surface area contributed by atoms with Crippen LogP contribution < -0.4 is 43.0 Å². The van der Waals surface area contributed by atoms with Gasteiger partial charge in [-0.25, -0.2) is 4.79 Å². The number of carbonyl (C=O) groups is 10. The van der Waals surface area contributed by atoms with Crippen molar-refractivity contribution in [2.24, 2.45) is 41.2 Å². The van der Waals surface area contributed by atoms with E-state index in [4.69, 9.17) is 10.5 Å². The van der Waals surface area contributed by atoms with E-state index in [0.29, 0.717) is 18.8 Å². The number of nitrogens with two attached hydrogens (primary N) is 1. The minimum absolute atomic E-state index is 0.0458. The summed E-state index contributed by atoms with van der Waals surface area (Å²) in [5, 5.41) is 28.5. The number of nitrogens with one attached hydrogen (secondary N) is 7. The van der Waals surface area contributed by atoms with Crippen LogP contribution in [0.4, 0.5) is 0 Å². The molecule has 73 heavy (non-hydrogen) atoms. The molecular formula is C53H94N8O12. The van der Waals surface area contributed by atoms with Crippen LogP contribution in [-0.4, -0.2) is 113 Å². The highest BCUT2D eigenvalue weighted by atomic mass is 16.5. The summed E-state index contributed by atoms with van der Waals surface area (Å²) in [6.07, 6.45) is 5.82. The number of hydrogen-bond donors (Lipinski definition) is 9. The predicted octanol–water partition coefficient (Wildman–Crippen LogP) is 4.44. The maximum Gasteiger partial charge on any atom is 0.329 e. The number of rotatable bonds is 24. The number of amides is 8. The molecule has 0 aromatic heterocycles. The average Bonchev–Trinajstić information content (AvgIpc) is 3.29. The molecule has 8 amide bonds. The summed E-state index contributed by atoms with van der Waals surface area (Å²) in [7, 11) is 0. The Morgan fingerprint density at radius 1 is 0.548 bits per heavy atom. The lowest BCUT2D eigenvalue weighted by Crippen LogP contribution is -2.61. The smallest absolute Gasteiger partial charge is 0.329 e. The largest absolute Gasteiger partial charge is 0.481 e. The van der Waals surface area contributed by atoms with Gasteiger partial charge in [0, 0.05) is 6.42 Å². The standard InChI is InChI=1S/C53H94N8O12/c1-13-34(11)21-19-17-15-16-18-20-22-36-28-43(63)55-37(23-24-42(54)62)47(66)56-38(25-30(3)4)48(67)57-39(26-31(5)6)50(69)60-45(33(9)10)52(71)59-41(29-44(64)65)49(68)58-40(27-32(7)8)51(70)61-46(35(12)14-2)53(72)73-36/h30-41,45-46H,13-29H2,1-12H3,(H2,54,62)(H,55,63)(H,56,66)(H,57,67)(H,58,68)(H,59,71)(H,60,69)(H,61,70)(H,64,65)/t34?,35-,36?,37-,38-,39+,40+,41-,45-,46-/m0/s1. The zero-order valence-electron chi connectivity index (χ0n) is 46.1. The molecule has 1 fully saturated rings. The minimum atomic E-state index is -1.72. The van der Waals surface area contributed by atoms with Gasteiger partial charge in [-0.2, -0.15) is 0 Å². The fourth-order valence-corrected chi connectivity index (χ4v) is 8.51. The van der Waals surface area contributed by atoms with Crippen LogP contribution in [-0.2, 0) is 52.7 Å². The zero-order chi connectivity index (χ0) is 55.5. The van der Waals surface area contributed by atoms with Crippen molar-refractivity contribution in [3.63, 3.8) is 0 Å². The molecule has 2 unspecified atom stereocenters. The molecule has 1 rings (SSSR count). The van der Waals surface area contributed by atoms with E-state index >= 15 is 0 Å². The summed E-state index contributed by atoms with van der Waals surface area (Å²) in [4.78, 5) is 137. The second kappa shape index (κ2) is 34.2. The highest BCUT2D eigenvalue weighted by Gasteiger charge is 2.38. The molecule has 0 aliphatic carbocycles. The van der Waals surface area contributed by atoms with Crippen LogP contribution in [0.3, 0.4) is 0 Å². The van der Waals surface area contributed by atoms with Crippen molar-refractivity contribution in [3.05, 3.63) is 0 Å². The molecule has 1 aliphatic heterocycles. The van der Waals surface area contributed by atoms with Gasteiger partial charge in [0.25, 0.3) is 0 Å². The van der Waals surface area contributed by atoms with E-state index in [-0.39, 0.29) is 56.3 Å². The maximum atomic E-state index is 14.3. The average molecular weight is 1040 g/mol. The molecule has 0 radical (unpaired) electrons. The summed E-state index contributed by atoms with van der Waals surface area (Å²) >= 11 is 0. The first-order valence-corrected chi connectivity index (χ1v) is 27.0. The second-order valence-electron chi connectivity index (χ2n) is 21.9. The first-order valence-electron chi connectivity index (χ1n) is 27.0. The quantitative estimate of drug-likeness (QED) is 0.0479. The van der Waals surface area contributed by atoms with Gasteiger partial charge < -0.3 is 52.8 Å². The molecule has 10 N–H and O–H groups in total. The lowest BCUT2D eigenvalue weighted by molar-refractivity contribution is -0.156. The van der Waals surface area contributed by atoms with Gasteiger partial charge in [0.05, 0.1) is 12.8 Å². The summed E-state index contributed by atoms with van der Waals surface area (Å²) in [6, 6.07) is -9.49. The monoisotopic (exact) mass is 1030 g/mol. The van der Waals surface area contributed by atoms with Gasteiger partial charge >= 0.3 is 11.9 Å². The molecule has 0 aromatic carbocycles. The van der Waals surface area contributed by atoms with Crippen LogP contribution in [0.25, 0.3) is 0 Å². The minimum Gasteiger partial charge on any atom is -0.481 e. The van der Waals surface area contributed by atoms with Gasteiger partial charge in [-0.05, 0) is 74.0 Å². The third kappa shape index (κ3) is 26.5. The number of cyclic esters (lactones) is 1. The first kappa shape index (κ1) is 65.7. The maximum absolute atomic E-state index is 14.3. The van der Waals surface area contributed by atoms with Crippen molar-refractivity contribution in [2.45, 2.75) is 241 Å². The van der Waals surface area contributed by atoms with Crippen molar-refractivity contribution >= 4 is 59.2 Å². The Morgan fingerprint density at radius 3 is 1.44 bits per heavy atom. The molecule has 418 valence electrons. The number of unbranched alkanes of at least 4 members (excludes halogenated alkanes) is 5. The van der Waals surface area contributed by atoms with Crippen LogP contribution in [0, 0.1) is 35.5 Å². The van der Waals surface area contributed by atoms with Gasteiger partial charge in [-0.3, -0.25) is 43.2 Å². The molecular weight excluding hydrogens is 941 g/mol. The molecule has 0 bridgehead atoms. The van der Waals surface area contributed by atoms with Gasteiger partial charge in [-0.15, -0.1) is 0 Å². The van der Waals surface area contributed by atoms with Crippen molar-refractivity contribution in [2.75, 3.05) is 0 Å². The molecule has 0 saturated carbocycles. The lowest BCUT2D eigenvalue weighted by atomic mass is 9.97. The first-order chi connectivity index (χ1) is 34.2. The van der Waals surface area contributed by atoms with Crippen molar-refractivity contribution < 1.29 is 57.8 Å². The molecule has 0 aromatic rings. The number of esters is 1. The third-order valence-electron chi connectivity index (χ3n) is 13.2. The number of hydrogen-bond acceptors (Lipinski definition) is 11. The Kier molecular flexibility index (Phi) is 30.8. The van der Waals surface area contributed by atoms with Crippen LogP contribution >= 0.6 is 0 Å². The molecule has 20 nitrogen and oxygen atoms in total. The second-order valence-corrected chi connectivity index (χ2v) is 21.9. The number of aliphatic carboxylic acids is 1. The van der Waals surface area contributed by atoms with Gasteiger partial charge in [-0.1, -0.05) is 134 Å². The Hall–Kier alpha value is -5.30. The molecule has 0 spiro atoms. The fourth-order valence-electron chi connectivity index (χ4n) is 8.51. The Bertz CT molecular complexity index is 1810. The molecule has 10 atom stereocenters. The Morgan fingerprint density at radius 2 is 0.986 bits per heavy atom. The molecule has 1 aliphatic rings. The Labute approximate surface area is 434 Å². The van der Waals surface area contributed by atoms with Crippen molar-refractivity contribution in [1.29, 1.82) is 0 Å². The van der Waals surface area contributed by atoms with E-state index in [0.717, 1.165) is 44.9 Å². The normalized spacial score (nSPS) is 24.8. The molecule has 1 saturated heterocycles. The number of primary amides is 1. The van der Waals surface area contributed by atoms with Gasteiger partial charge in [0.15, 0.2) is 0 Å². The zero-order valence-corrected chi connectivity index (χ0v) is 46.1. The van der Waals surface area contributed by atoms with Crippen molar-refractivity contribution in [1.82, 2.24) is 37.2 Å². The van der Waals surface area contributed by atoms with Crippen LogP contribution in [0.2, 0.25) is 0 Å². The predicted molar refractivity (Wildman–Crippen MR) is 278 cm³/mol. The highest BCUT2D eigenvalue weighted by molar-refractivity contribution is 5.98. The SMILES string of the molecule is CCC(C)CCCCCCCCC1CC(=O)N[C@@H](CCC(N)=O)C(=O)N[C@@H](CC(C)C)C(=O)N[C@H](CC(C)C)C(=O)N[C@@H](C(C)C)C(=O)N[C@@H](CC(=O)O)C(=O)N[C@H](CC(C)C)C(=O)N[C@@H]([C@@H](C)CC)C(=O)O1. The van der Waals surface area contributed by atoms with Gasteiger partial charge in [0.1, 0.15) is 48.4 Å². The van der Waals surface area contributed by atoms with E-state index in [1.54, 1.807) is 34.6 Å². The summed E-state index contributed by atoms with van der Waals surface area (Å²) < 4.78 is 6.08. The van der Waals surface area contributed by atoms with Crippen molar-refractivity contribution in [3.8, 4) is 0 Å². The van der Waals surface area contributed by atoms with E-state index in [1.807, 2.05) is 34.6 Å². The van der Waals surface area contributed by atoms with E-state index in [1.165, 1.54) is 0 Å². The Balaban J connectivity index is 3.97. The highest BCUT2D eigenvalue weighted by Crippen LogP contribution is 2.20. The van der Waals surface area contributed by atoms with E-state index in [2.05, 4.69) is 51.1 Å². The topological polar surface area (TPSA) is 310 Å². The van der Waals surface area contributed by atoms with E-state index < -0.39 is 132 Å². The number of carbonyl (C=O) groups excluding carboxylic acids is 9. The lowest BCUT2D eigenvalue weighted by Gasteiger charge is -2.30. The number of ether oxygens (including phenoxy) is 1. The fraction of sp³-hybridized carbons (Fsp3) is 0.811. The summed E-state index contributed by atoms with van der Waals surface area (Å²) in [5.41, 5.74) is 5.50. The molecule has 1 heterocycles. The number of carboxylic acids is 1. The van der Waals surface area contributed by atoms with Gasteiger partial charge in [0.2, 0.25) is 47.3 Å². The van der Waals surface area contributed by atoms with Crippen LogP contribution in [0.5, 0.6) is 0 Å². The molecule has 20 heteroatoms. The van der Waals surface area contributed by atoms with Crippen LogP contribution in [0.1, 0.15) is 192 Å². The summed E-state index contributed by atoms with van der Waals surface area (Å²) in [5.74, 6) is -9.74. The van der Waals surface area contributed by atoms with E-state index in [9.17, 15) is 53.1 Å². The number of carboxylic acid groups (broad SMARTS) is 1. The third-order valence-corrected chi connectivity index (χ3v) is 13.2. The van der Waals surface area contributed by atoms with Crippen LogP contribution in [0.15, 0.2) is 0 Å². The summed E-state index contributed by atoms with van der Waals surface area (Å²) in [6.45, 7) is 22.0.